The van der Waals surface area contributed by atoms with Crippen LogP contribution in [0.2, 0.25) is 0 Å². The fourth-order valence-electron chi connectivity index (χ4n) is 2.41. The third kappa shape index (κ3) is 4.58. The van der Waals surface area contributed by atoms with Crippen molar-refractivity contribution < 1.29 is 56.5 Å². The van der Waals surface area contributed by atoms with Gasteiger partial charge in [0.05, 0.1) is 17.2 Å². The first kappa shape index (κ1) is 24.8. The van der Waals surface area contributed by atoms with Crippen LogP contribution in [0.4, 0.5) is 43.9 Å². The molecule has 0 bridgehead atoms. The number of nitrogens with zero attached hydrogens (tertiary/aromatic N) is 1. The minimum atomic E-state index is -6.82. The molecule has 2 rings (SSSR count). The molecule has 1 aliphatic carbocycles. The van der Waals surface area contributed by atoms with Crippen molar-refractivity contribution in [3.63, 3.8) is 0 Å². The van der Waals surface area contributed by atoms with Gasteiger partial charge in [0, 0.05) is 5.56 Å². The van der Waals surface area contributed by atoms with Gasteiger partial charge in [-0.05, 0) is 43.0 Å². The molecule has 4 nitrogen and oxygen atoms in total. The van der Waals surface area contributed by atoms with E-state index in [2.05, 4.69) is 4.18 Å². The van der Waals surface area contributed by atoms with E-state index in [9.17, 15) is 52.3 Å². The Morgan fingerprint density at radius 2 is 1.42 bits per heavy atom. The highest BCUT2D eigenvalue weighted by molar-refractivity contribution is 7.87. The second-order valence-corrected chi connectivity index (χ2v) is 7.87. The van der Waals surface area contributed by atoms with Crippen LogP contribution in [-0.4, -0.2) is 31.9 Å². The Bertz CT molecular complexity index is 1010. The van der Waals surface area contributed by atoms with Crippen LogP contribution in [0.1, 0.15) is 24.0 Å². The van der Waals surface area contributed by atoms with Crippen molar-refractivity contribution in [1.82, 2.24) is 0 Å². The zero-order valence-corrected chi connectivity index (χ0v) is 15.5. The molecule has 0 unspecified atom stereocenters. The Hall–Kier alpha value is -2.50. The summed E-state index contributed by atoms with van der Waals surface area (Å²) in [4.78, 5) is 0. The highest BCUT2D eigenvalue weighted by Crippen LogP contribution is 2.57. The number of allylic oxidation sites excluding steroid dienone is 1. The van der Waals surface area contributed by atoms with Crippen LogP contribution in [0.25, 0.3) is 5.76 Å². The third-order valence-corrected chi connectivity index (χ3v) is 5.02. The summed E-state index contributed by atoms with van der Waals surface area (Å²) in [5.74, 6) is -16.7. The molecule has 0 N–H and O–H groups in total. The fourth-order valence-corrected chi connectivity index (χ4v) is 2.91. The normalized spacial score (nSPS) is 17.1. The molecule has 15 heteroatoms. The highest BCUT2D eigenvalue weighted by atomic mass is 32.2. The van der Waals surface area contributed by atoms with Crippen molar-refractivity contribution in [2.45, 2.75) is 36.4 Å². The molecule has 0 aromatic heterocycles. The minimum absolute atomic E-state index is 0.206. The van der Waals surface area contributed by atoms with Gasteiger partial charge in [0.25, 0.3) is 0 Å². The van der Waals surface area contributed by atoms with Gasteiger partial charge in [-0.3, -0.25) is 0 Å². The molecule has 0 heterocycles. The Labute approximate surface area is 167 Å². The molecule has 172 valence electrons. The van der Waals surface area contributed by atoms with Crippen molar-refractivity contribution in [2.75, 3.05) is 0 Å². The number of alkyl halides is 10. The second kappa shape index (κ2) is 7.57. The SMILES string of the molecule is N#Cc1ccc(/C(OS(=O)(=O)C(F)(F)F)=C(/C2CC2)C(F)(F)C(F)(F)C(F)(F)F)cc1. The van der Waals surface area contributed by atoms with E-state index in [0.29, 0.717) is 12.1 Å². The van der Waals surface area contributed by atoms with Crippen LogP contribution >= 0.6 is 0 Å². The van der Waals surface area contributed by atoms with E-state index in [-0.39, 0.29) is 5.56 Å². The Kier molecular flexibility index (Phi) is 6.05. The molecule has 1 fully saturated rings. The smallest absolute Gasteiger partial charge is 0.375 e. The molecule has 0 amide bonds. The summed E-state index contributed by atoms with van der Waals surface area (Å²) in [6.07, 6.45) is -7.70. The van der Waals surface area contributed by atoms with Crippen molar-refractivity contribution in [1.29, 1.82) is 5.26 Å². The largest absolute Gasteiger partial charge is 0.534 e. The van der Waals surface area contributed by atoms with E-state index in [1.54, 1.807) is 0 Å². The van der Waals surface area contributed by atoms with Crippen molar-refractivity contribution in [3.8, 4) is 6.07 Å². The van der Waals surface area contributed by atoms with Gasteiger partial charge < -0.3 is 4.18 Å². The van der Waals surface area contributed by atoms with Gasteiger partial charge in [-0.1, -0.05) is 0 Å². The molecule has 31 heavy (non-hydrogen) atoms. The maximum atomic E-state index is 14.5. The molecule has 1 saturated carbocycles. The van der Waals surface area contributed by atoms with E-state index < -0.39 is 69.3 Å². The standard InChI is InChI=1S/C16H9F10NO3S/c17-13(18,14(19,20)15(21,22)23)11(9-5-6-9)12(30-31(28,29)16(24,25)26)10-3-1-8(7-27)2-4-10/h1-4,9H,5-6H2/b12-11+. The lowest BCUT2D eigenvalue weighted by Gasteiger charge is -2.31. The Balaban J connectivity index is 2.85. The van der Waals surface area contributed by atoms with E-state index in [1.165, 1.54) is 6.07 Å². The molecule has 0 atom stereocenters. The molecule has 0 radical (unpaired) electrons. The molecule has 1 aromatic carbocycles. The maximum absolute atomic E-state index is 14.5. The summed E-state index contributed by atoms with van der Waals surface area (Å²) in [6, 6.07) is 4.24. The number of nitriles is 1. The molecular formula is C16H9F10NO3S. The van der Waals surface area contributed by atoms with Gasteiger partial charge >= 0.3 is 33.6 Å². The number of halogens is 10. The third-order valence-electron chi connectivity index (χ3n) is 4.07. The van der Waals surface area contributed by atoms with Gasteiger partial charge in [-0.2, -0.15) is 57.6 Å². The maximum Gasteiger partial charge on any atom is 0.534 e. The number of benzene rings is 1. The second-order valence-electron chi connectivity index (χ2n) is 6.34. The first-order valence-corrected chi connectivity index (χ1v) is 9.36. The predicted octanol–water partition coefficient (Wildman–Crippen LogP) is 5.38. The topological polar surface area (TPSA) is 67.2 Å². The van der Waals surface area contributed by atoms with Crippen LogP contribution in [0.5, 0.6) is 0 Å². The molecule has 1 aliphatic rings. The van der Waals surface area contributed by atoms with E-state index in [4.69, 9.17) is 5.26 Å². The van der Waals surface area contributed by atoms with Crippen LogP contribution in [0.15, 0.2) is 29.8 Å². The average molecular weight is 485 g/mol. The van der Waals surface area contributed by atoms with Gasteiger partial charge in [0.1, 0.15) is 0 Å². The summed E-state index contributed by atoms with van der Waals surface area (Å²) in [5, 5.41) is 8.71. The zero-order valence-electron chi connectivity index (χ0n) is 14.7. The predicted molar refractivity (Wildman–Crippen MR) is 82.8 cm³/mol. The van der Waals surface area contributed by atoms with E-state index in [0.717, 1.165) is 12.1 Å². The van der Waals surface area contributed by atoms with Crippen LogP contribution in [0.3, 0.4) is 0 Å². The molecular weight excluding hydrogens is 476 g/mol. The van der Waals surface area contributed by atoms with Gasteiger partial charge in [0.2, 0.25) is 0 Å². The molecule has 0 spiro atoms. The first-order chi connectivity index (χ1) is 13.9. The Morgan fingerprint density at radius 3 is 1.77 bits per heavy atom. The van der Waals surface area contributed by atoms with E-state index in [1.807, 2.05) is 0 Å². The lowest BCUT2D eigenvalue weighted by atomic mass is 9.93. The molecule has 1 aromatic rings. The number of rotatable bonds is 6. The number of hydrogen-bond donors (Lipinski definition) is 0. The van der Waals surface area contributed by atoms with E-state index >= 15 is 0 Å². The van der Waals surface area contributed by atoms with Gasteiger partial charge in [-0.25, -0.2) is 0 Å². The van der Waals surface area contributed by atoms with Gasteiger partial charge in [-0.15, -0.1) is 0 Å². The summed E-state index contributed by atoms with van der Waals surface area (Å²) >= 11 is 0. The number of hydrogen-bond acceptors (Lipinski definition) is 4. The zero-order chi connectivity index (χ0) is 24.0. The fraction of sp³-hybridized carbons (Fsp3) is 0.438. The monoisotopic (exact) mass is 485 g/mol. The lowest BCUT2D eigenvalue weighted by molar-refractivity contribution is -0.345. The summed E-state index contributed by atoms with van der Waals surface area (Å²) in [6.45, 7) is 0. The molecule has 0 aliphatic heterocycles. The van der Waals surface area contributed by atoms with Crippen molar-refractivity contribution in [2.24, 2.45) is 5.92 Å². The van der Waals surface area contributed by atoms with Crippen molar-refractivity contribution >= 4 is 15.9 Å². The lowest BCUT2D eigenvalue weighted by Crippen LogP contribution is -2.53. The van der Waals surface area contributed by atoms with Crippen LogP contribution in [-0.2, 0) is 14.3 Å². The molecule has 0 saturated heterocycles. The van der Waals surface area contributed by atoms with Gasteiger partial charge in [0.15, 0.2) is 5.76 Å². The summed E-state index contributed by atoms with van der Waals surface area (Å²) in [7, 11) is -6.74. The summed E-state index contributed by atoms with van der Waals surface area (Å²) < 4.78 is 159. The average Bonchev–Trinajstić information content (AvgIpc) is 3.43. The Morgan fingerprint density at radius 1 is 0.935 bits per heavy atom. The minimum Gasteiger partial charge on any atom is -0.375 e. The highest BCUT2D eigenvalue weighted by Gasteiger charge is 2.76. The van der Waals surface area contributed by atoms with Crippen LogP contribution < -0.4 is 0 Å². The first-order valence-electron chi connectivity index (χ1n) is 7.95. The summed E-state index contributed by atoms with van der Waals surface area (Å²) in [5.41, 5.74) is -9.64. The van der Waals surface area contributed by atoms with Crippen molar-refractivity contribution in [3.05, 3.63) is 41.0 Å². The van der Waals surface area contributed by atoms with Crippen LogP contribution in [0, 0.1) is 17.2 Å². The quantitative estimate of drug-likeness (QED) is 0.235.